The van der Waals surface area contributed by atoms with Gasteiger partial charge in [-0.3, -0.25) is 4.79 Å². The van der Waals surface area contributed by atoms with Gasteiger partial charge in [-0.2, -0.15) is 16.9 Å². The van der Waals surface area contributed by atoms with Crippen LogP contribution in [0.25, 0.3) is 5.69 Å². The van der Waals surface area contributed by atoms with Crippen molar-refractivity contribution >= 4 is 33.5 Å². The normalized spacial score (nSPS) is 18.2. The first-order valence-electron chi connectivity index (χ1n) is 9.34. The van der Waals surface area contributed by atoms with Crippen molar-refractivity contribution < 1.29 is 13.2 Å². The van der Waals surface area contributed by atoms with E-state index in [1.54, 1.807) is 11.8 Å². The second-order valence-corrected chi connectivity index (χ2v) is 10.4. The van der Waals surface area contributed by atoms with Crippen LogP contribution in [0, 0.1) is 12.8 Å². The van der Waals surface area contributed by atoms with E-state index in [0.717, 1.165) is 34.3 Å². The van der Waals surface area contributed by atoms with Gasteiger partial charge in [-0.05, 0) is 31.9 Å². The smallest absolute Gasteiger partial charge is 0.228 e. The SMILES string of the molecule is Cc1ccc(-n2nc3c(c2NC(=O)C2CCN(S(C)(=O)=O)CC2)CSC3)cc1. The van der Waals surface area contributed by atoms with Crippen LogP contribution in [-0.2, 0) is 26.3 Å². The summed E-state index contributed by atoms with van der Waals surface area (Å²) in [4.78, 5) is 12.9. The van der Waals surface area contributed by atoms with Gasteiger partial charge in [0.15, 0.2) is 0 Å². The molecule has 28 heavy (non-hydrogen) atoms. The first-order chi connectivity index (χ1) is 13.3. The molecule has 4 rings (SSSR count). The van der Waals surface area contributed by atoms with Crippen LogP contribution in [0.3, 0.4) is 0 Å². The molecule has 9 heteroatoms. The summed E-state index contributed by atoms with van der Waals surface area (Å²) < 4.78 is 26.6. The van der Waals surface area contributed by atoms with Gasteiger partial charge in [-0.25, -0.2) is 17.4 Å². The number of hydrogen-bond acceptors (Lipinski definition) is 5. The van der Waals surface area contributed by atoms with Gasteiger partial charge < -0.3 is 5.32 Å². The number of piperidine rings is 1. The zero-order chi connectivity index (χ0) is 19.9. The van der Waals surface area contributed by atoms with Crippen molar-refractivity contribution in [2.45, 2.75) is 31.3 Å². The summed E-state index contributed by atoms with van der Waals surface area (Å²) in [6.07, 6.45) is 2.29. The van der Waals surface area contributed by atoms with E-state index < -0.39 is 10.0 Å². The lowest BCUT2D eigenvalue weighted by Crippen LogP contribution is -2.41. The highest BCUT2D eigenvalue weighted by Crippen LogP contribution is 2.36. The minimum absolute atomic E-state index is 0.0545. The maximum absolute atomic E-state index is 12.9. The average molecular weight is 421 g/mol. The third-order valence-corrected chi connectivity index (χ3v) is 7.64. The van der Waals surface area contributed by atoms with E-state index in [4.69, 9.17) is 5.10 Å². The highest BCUT2D eigenvalue weighted by Gasteiger charge is 2.31. The van der Waals surface area contributed by atoms with Crippen molar-refractivity contribution in [2.75, 3.05) is 24.7 Å². The van der Waals surface area contributed by atoms with E-state index in [0.29, 0.717) is 25.9 Å². The monoisotopic (exact) mass is 420 g/mol. The number of carbonyl (C=O) groups is 1. The van der Waals surface area contributed by atoms with Crippen LogP contribution in [0.4, 0.5) is 5.82 Å². The predicted molar refractivity (Wildman–Crippen MR) is 111 cm³/mol. The summed E-state index contributed by atoms with van der Waals surface area (Å²) in [7, 11) is -3.19. The second kappa shape index (κ2) is 7.53. The summed E-state index contributed by atoms with van der Waals surface area (Å²) in [6, 6.07) is 8.07. The topological polar surface area (TPSA) is 84.3 Å². The number of carbonyl (C=O) groups excluding carboxylic acids is 1. The summed E-state index contributed by atoms with van der Waals surface area (Å²) in [6.45, 7) is 2.82. The van der Waals surface area contributed by atoms with Crippen molar-refractivity contribution in [3.8, 4) is 5.69 Å². The maximum Gasteiger partial charge on any atom is 0.228 e. The van der Waals surface area contributed by atoms with Gasteiger partial charge in [0.05, 0.1) is 17.6 Å². The van der Waals surface area contributed by atoms with Crippen LogP contribution in [0.2, 0.25) is 0 Å². The molecule has 1 fully saturated rings. The van der Waals surface area contributed by atoms with Crippen LogP contribution >= 0.6 is 11.8 Å². The highest BCUT2D eigenvalue weighted by molar-refractivity contribution is 7.98. The Labute approximate surface area is 169 Å². The maximum atomic E-state index is 12.9. The molecule has 0 bridgehead atoms. The molecule has 2 aromatic rings. The number of nitrogens with one attached hydrogen (secondary N) is 1. The van der Waals surface area contributed by atoms with E-state index in [2.05, 4.69) is 5.32 Å². The number of rotatable bonds is 4. The number of aromatic nitrogens is 2. The highest BCUT2D eigenvalue weighted by atomic mass is 32.2. The van der Waals surface area contributed by atoms with E-state index in [9.17, 15) is 13.2 Å². The number of benzene rings is 1. The van der Waals surface area contributed by atoms with Crippen LogP contribution < -0.4 is 5.32 Å². The molecule has 0 unspecified atom stereocenters. The van der Waals surface area contributed by atoms with Gasteiger partial charge in [0.1, 0.15) is 5.82 Å². The summed E-state index contributed by atoms with van der Waals surface area (Å²) in [5.74, 6) is 2.19. The number of anilines is 1. The Morgan fingerprint density at radius 1 is 1.18 bits per heavy atom. The number of fused-ring (bicyclic) bond motifs is 1. The first kappa shape index (κ1) is 19.5. The largest absolute Gasteiger partial charge is 0.310 e. The van der Waals surface area contributed by atoms with Crippen LogP contribution in [0.1, 0.15) is 29.7 Å². The lowest BCUT2D eigenvalue weighted by atomic mass is 9.97. The Balaban J connectivity index is 1.55. The number of amides is 1. The molecule has 2 aliphatic rings. The zero-order valence-electron chi connectivity index (χ0n) is 16.0. The van der Waals surface area contributed by atoms with E-state index in [1.165, 1.54) is 16.1 Å². The van der Waals surface area contributed by atoms with E-state index in [1.807, 2.05) is 35.9 Å². The molecule has 150 valence electrons. The zero-order valence-corrected chi connectivity index (χ0v) is 17.6. The molecule has 3 heterocycles. The molecule has 1 aromatic heterocycles. The lowest BCUT2D eigenvalue weighted by molar-refractivity contribution is -0.120. The molecule has 7 nitrogen and oxygen atoms in total. The van der Waals surface area contributed by atoms with Gasteiger partial charge in [0.25, 0.3) is 0 Å². The van der Waals surface area contributed by atoms with E-state index >= 15 is 0 Å². The van der Waals surface area contributed by atoms with Crippen LogP contribution in [0.15, 0.2) is 24.3 Å². The average Bonchev–Trinajstić information content (AvgIpc) is 3.24. The molecular formula is C19H24N4O3S2. The van der Waals surface area contributed by atoms with E-state index in [-0.39, 0.29) is 11.8 Å². The summed E-state index contributed by atoms with van der Waals surface area (Å²) in [5, 5.41) is 7.83. The molecule has 0 spiro atoms. The molecule has 1 aromatic carbocycles. The van der Waals surface area contributed by atoms with Crippen LogP contribution in [-0.4, -0.2) is 47.8 Å². The first-order valence-corrected chi connectivity index (χ1v) is 12.3. The number of aryl methyl sites for hydroxylation is 1. The summed E-state index contributed by atoms with van der Waals surface area (Å²) >= 11 is 1.80. The number of nitrogens with zero attached hydrogens (tertiary/aromatic N) is 3. The molecule has 0 saturated carbocycles. The molecular weight excluding hydrogens is 396 g/mol. The molecule has 0 radical (unpaired) electrons. The number of hydrogen-bond donors (Lipinski definition) is 1. The quantitative estimate of drug-likeness (QED) is 0.822. The molecule has 2 aliphatic heterocycles. The fourth-order valence-electron chi connectivity index (χ4n) is 3.68. The second-order valence-electron chi connectivity index (χ2n) is 7.44. The predicted octanol–water partition coefficient (Wildman–Crippen LogP) is 2.54. The Hall–Kier alpha value is -1.84. The standard InChI is InChI=1S/C19H24N4O3S2/c1-13-3-5-15(6-4-13)23-18(16-11-27-12-17(16)21-23)20-19(24)14-7-9-22(10-8-14)28(2,25)26/h3-6,14H,7-12H2,1-2H3,(H,20,24). The van der Waals surface area contributed by atoms with Crippen molar-refractivity contribution in [1.29, 1.82) is 0 Å². The van der Waals surface area contributed by atoms with Crippen molar-refractivity contribution in [3.05, 3.63) is 41.1 Å². The van der Waals surface area contributed by atoms with Crippen LogP contribution in [0.5, 0.6) is 0 Å². The molecule has 0 atom stereocenters. The van der Waals surface area contributed by atoms with Crippen molar-refractivity contribution in [3.63, 3.8) is 0 Å². The Bertz CT molecular complexity index is 991. The fraction of sp³-hybridized carbons (Fsp3) is 0.474. The third-order valence-electron chi connectivity index (χ3n) is 5.37. The number of sulfonamides is 1. The van der Waals surface area contributed by atoms with Gasteiger partial charge in [0.2, 0.25) is 15.9 Å². The fourth-order valence-corrected chi connectivity index (χ4v) is 5.59. The minimum Gasteiger partial charge on any atom is -0.310 e. The molecule has 0 aliphatic carbocycles. The van der Waals surface area contributed by atoms with Crippen molar-refractivity contribution in [2.24, 2.45) is 5.92 Å². The Morgan fingerprint density at radius 2 is 1.86 bits per heavy atom. The van der Waals surface area contributed by atoms with Crippen molar-refractivity contribution in [1.82, 2.24) is 14.1 Å². The lowest BCUT2D eigenvalue weighted by Gasteiger charge is -2.29. The molecule has 1 N–H and O–H groups in total. The van der Waals surface area contributed by atoms with Gasteiger partial charge in [-0.15, -0.1) is 0 Å². The minimum atomic E-state index is -3.19. The number of thioether (sulfide) groups is 1. The summed E-state index contributed by atoms with van der Waals surface area (Å²) in [5.41, 5.74) is 4.20. The van der Waals surface area contributed by atoms with Gasteiger partial charge in [-0.1, -0.05) is 17.7 Å². The third kappa shape index (κ3) is 3.83. The molecule has 1 saturated heterocycles. The Kier molecular flexibility index (Phi) is 5.24. The Morgan fingerprint density at radius 3 is 2.50 bits per heavy atom. The van der Waals surface area contributed by atoms with Gasteiger partial charge >= 0.3 is 0 Å². The molecule has 1 amide bonds. The van der Waals surface area contributed by atoms with Gasteiger partial charge in [0, 0.05) is 36.1 Å².